The summed E-state index contributed by atoms with van der Waals surface area (Å²) < 4.78 is 5.25. The van der Waals surface area contributed by atoms with Gasteiger partial charge in [0.15, 0.2) is 0 Å². The van der Waals surface area contributed by atoms with Crippen molar-refractivity contribution in [2.24, 2.45) is 0 Å². The van der Waals surface area contributed by atoms with Crippen LogP contribution in [-0.2, 0) is 6.54 Å². The second-order valence-corrected chi connectivity index (χ2v) is 5.16. The molecular weight excluding hydrogens is 248 g/mol. The first-order valence-electron chi connectivity index (χ1n) is 7.55. The van der Waals surface area contributed by atoms with Gasteiger partial charge in [0.2, 0.25) is 0 Å². The fourth-order valence-corrected chi connectivity index (χ4v) is 2.35. The lowest BCUT2D eigenvalue weighted by atomic mass is 10.0. The summed E-state index contributed by atoms with van der Waals surface area (Å²) in [7, 11) is 1.61. The molecule has 0 saturated heterocycles. The highest BCUT2D eigenvalue weighted by molar-refractivity contribution is 5.45. The van der Waals surface area contributed by atoms with Gasteiger partial charge in [0.25, 0.3) is 0 Å². The van der Waals surface area contributed by atoms with Crippen molar-refractivity contribution in [3.8, 4) is 11.8 Å². The van der Waals surface area contributed by atoms with Crippen LogP contribution < -0.4 is 10.1 Å². The van der Waals surface area contributed by atoms with Gasteiger partial charge < -0.3 is 10.1 Å². The highest BCUT2D eigenvalue weighted by Crippen LogP contribution is 2.19. The van der Waals surface area contributed by atoms with Gasteiger partial charge in [-0.3, -0.25) is 0 Å². The van der Waals surface area contributed by atoms with Gasteiger partial charge in [-0.1, -0.05) is 39.2 Å². The minimum Gasteiger partial charge on any atom is -0.495 e. The van der Waals surface area contributed by atoms with Crippen LogP contribution in [0.15, 0.2) is 18.2 Å². The van der Waals surface area contributed by atoms with E-state index in [4.69, 9.17) is 10.00 Å². The van der Waals surface area contributed by atoms with Crippen LogP contribution in [0.25, 0.3) is 0 Å². The summed E-state index contributed by atoms with van der Waals surface area (Å²) >= 11 is 0. The first-order chi connectivity index (χ1) is 9.74. The van der Waals surface area contributed by atoms with E-state index in [1.54, 1.807) is 7.11 Å². The Kier molecular flexibility index (Phi) is 7.75. The van der Waals surface area contributed by atoms with E-state index in [1.165, 1.54) is 37.7 Å². The minimum absolute atomic E-state index is 0.585. The van der Waals surface area contributed by atoms with Crippen LogP contribution in [0.2, 0.25) is 0 Å². The van der Waals surface area contributed by atoms with Gasteiger partial charge in [-0.15, -0.1) is 0 Å². The van der Waals surface area contributed by atoms with Crippen LogP contribution in [0.5, 0.6) is 5.75 Å². The number of methoxy groups -OCH3 is 1. The molecule has 1 rings (SSSR count). The highest BCUT2D eigenvalue weighted by Gasteiger charge is 2.08. The quantitative estimate of drug-likeness (QED) is 0.740. The molecule has 20 heavy (non-hydrogen) atoms. The zero-order valence-electron chi connectivity index (χ0n) is 12.9. The van der Waals surface area contributed by atoms with Crippen molar-refractivity contribution in [2.45, 2.75) is 58.5 Å². The predicted octanol–water partition coefficient (Wildman–Crippen LogP) is 4.02. The van der Waals surface area contributed by atoms with Gasteiger partial charge in [0.1, 0.15) is 11.8 Å². The number of hydrogen-bond donors (Lipinski definition) is 1. The van der Waals surface area contributed by atoms with Crippen molar-refractivity contribution in [2.75, 3.05) is 7.11 Å². The lowest BCUT2D eigenvalue weighted by Gasteiger charge is -2.18. The normalized spacial score (nSPS) is 11.9. The zero-order chi connectivity index (χ0) is 14.8. The van der Waals surface area contributed by atoms with E-state index in [0.29, 0.717) is 17.4 Å². The molecule has 0 heterocycles. The molecule has 0 aliphatic carbocycles. The van der Waals surface area contributed by atoms with Crippen molar-refractivity contribution in [3.63, 3.8) is 0 Å². The Morgan fingerprint density at radius 3 is 2.65 bits per heavy atom. The molecule has 1 aromatic rings. The van der Waals surface area contributed by atoms with Crippen LogP contribution >= 0.6 is 0 Å². The molecule has 1 atom stereocenters. The molecule has 1 aromatic carbocycles. The van der Waals surface area contributed by atoms with Gasteiger partial charge in [0, 0.05) is 12.6 Å². The van der Waals surface area contributed by atoms with Crippen molar-refractivity contribution in [1.29, 1.82) is 5.26 Å². The van der Waals surface area contributed by atoms with Gasteiger partial charge in [-0.25, -0.2) is 0 Å². The van der Waals surface area contributed by atoms with Crippen molar-refractivity contribution in [3.05, 3.63) is 29.3 Å². The average molecular weight is 274 g/mol. The first-order valence-corrected chi connectivity index (χ1v) is 7.55. The molecule has 1 N–H and O–H groups in total. The third-order valence-corrected chi connectivity index (χ3v) is 3.52. The summed E-state index contributed by atoms with van der Waals surface area (Å²) in [6, 6.07) is 8.51. The number of benzene rings is 1. The molecule has 0 aliphatic rings. The number of rotatable bonds is 9. The first kappa shape index (κ1) is 16.5. The largest absolute Gasteiger partial charge is 0.495 e. The second-order valence-electron chi connectivity index (χ2n) is 5.16. The Morgan fingerprint density at radius 2 is 2.05 bits per heavy atom. The van der Waals surface area contributed by atoms with Gasteiger partial charge in [0.05, 0.1) is 12.7 Å². The van der Waals surface area contributed by atoms with Crippen molar-refractivity contribution in [1.82, 2.24) is 5.32 Å². The Hall–Kier alpha value is -1.53. The summed E-state index contributed by atoms with van der Waals surface area (Å²) in [5.74, 6) is 0.660. The van der Waals surface area contributed by atoms with Crippen LogP contribution in [0.4, 0.5) is 0 Å². The molecule has 0 radical (unpaired) electrons. The summed E-state index contributed by atoms with van der Waals surface area (Å²) in [5, 5.41) is 12.6. The maximum Gasteiger partial charge on any atom is 0.136 e. The molecule has 0 bridgehead atoms. The second kappa shape index (κ2) is 9.39. The van der Waals surface area contributed by atoms with Crippen molar-refractivity contribution >= 4 is 0 Å². The number of nitriles is 1. The molecule has 3 heteroatoms. The van der Waals surface area contributed by atoms with E-state index >= 15 is 0 Å². The fourth-order valence-electron chi connectivity index (χ4n) is 2.35. The molecule has 0 spiro atoms. The minimum atomic E-state index is 0.585. The SMILES string of the molecule is CCCCC(CCC)NCc1ccc(C#N)c(OC)c1. The van der Waals surface area contributed by atoms with Crippen LogP contribution in [0, 0.1) is 11.3 Å². The van der Waals surface area contributed by atoms with Crippen LogP contribution in [-0.4, -0.2) is 13.2 Å². The smallest absolute Gasteiger partial charge is 0.136 e. The standard InChI is InChI=1S/C17H26N2O/c1-4-6-8-16(7-5-2)19-13-14-9-10-15(12-18)17(11-14)20-3/h9-11,16,19H,4-8,13H2,1-3H3. The number of nitrogens with zero attached hydrogens (tertiary/aromatic N) is 1. The third-order valence-electron chi connectivity index (χ3n) is 3.52. The van der Waals surface area contributed by atoms with E-state index < -0.39 is 0 Å². The molecule has 0 aromatic heterocycles. The summed E-state index contributed by atoms with van der Waals surface area (Å²) in [6.07, 6.45) is 6.17. The molecular formula is C17H26N2O. The van der Waals surface area contributed by atoms with E-state index in [0.717, 1.165) is 6.54 Å². The summed E-state index contributed by atoms with van der Waals surface area (Å²) in [5.41, 5.74) is 1.76. The monoisotopic (exact) mass is 274 g/mol. The lowest BCUT2D eigenvalue weighted by molar-refractivity contribution is 0.410. The molecule has 0 saturated carbocycles. The van der Waals surface area contributed by atoms with Gasteiger partial charge >= 0.3 is 0 Å². The molecule has 110 valence electrons. The molecule has 0 aliphatic heterocycles. The fraction of sp³-hybridized carbons (Fsp3) is 0.588. The van der Waals surface area contributed by atoms with Crippen LogP contribution in [0.3, 0.4) is 0 Å². The topological polar surface area (TPSA) is 45.0 Å². The highest BCUT2D eigenvalue weighted by atomic mass is 16.5. The third kappa shape index (κ3) is 5.22. The number of nitrogens with one attached hydrogen (secondary N) is 1. The number of hydrogen-bond acceptors (Lipinski definition) is 3. The predicted molar refractivity (Wildman–Crippen MR) is 82.8 cm³/mol. The molecule has 1 unspecified atom stereocenters. The Balaban J connectivity index is 2.61. The van der Waals surface area contributed by atoms with E-state index in [9.17, 15) is 0 Å². The number of ether oxygens (including phenoxy) is 1. The van der Waals surface area contributed by atoms with Crippen LogP contribution in [0.1, 0.15) is 57.1 Å². The van der Waals surface area contributed by atoms with Crippen molar-refractivity contribution < 1.29 is 4.74 Å². The maximum absolute atomic E-state index is 8.98. The Bertz CT molecular complexity index is 437. The molecule has 0 fully saturated rings. The molecule has 3 nitrogen and oxygen atoms in total. The number of unbranched alkanes of at least 4 members (excludes halogenated alkanes) is 1. The summed E-state index contributed by atoms with van der Waals surface area (Å²) in [6.45, 7) is 5.29. The molecule has 0 amide bonds. The van der Waals surface area contributed by atoms with Gasteiger partial charge in [-0.05, 0) is 30.5 Å². The Labute approximate surface area is 123 Å². The average Bonchev–Trinajstić information content (AvgIpc) is 2.49. The van der Waals surface area contributed by atoms with Gasteiger partial charge in [-0.2, -0.15) is 5.26 Å². The van der Waals surface area contributed by atoms with E-state index in [2.05, 4.69) is 25.2 Å². The van der Waals surface area contributed by atoms with E-state index in [-0.39, 0.29) is 0 Å². The lowest BCUT2D eigenvalue weighted by Crippen LogP contribution is -2.28. The summed E-state index contributed by atoms with van der Waals surface area (Å²) in [4.78, 5) is 0. The Morgan fingerprint density at radius 1 is 1.25 bits per heavy atom. The van der Waals surface area contributed by atoms with E-state index in [1.807, 2.05) is 18.2 Å². The zero-order valence-corrected chi connectivity index (χ0v) is 12.9. The maximum atomic E-state index is 8.98.